The molecule has 0 unspecified atom stereocenters. The summed E-state index contributed by atoms with van der Waals surface area (Å²) in [5.74, 6) is 0. The smallest absolute Gasteiger partial charge is 0.252 e. The lowest BCUT2D eigenvalue weighted by molar-refractivity contribution is 0.937. The first kappa shape index (κ1) is 9.00. The molecule has 0 aromatic carbocycles. The molecule has 3 N–H and O–H groups in total. The summed E-state index contributed by atoms with van der Waals surface area (Å²) < 4.78 is 0. The van der Waals surface area contributed by atoms with Crippen LogP contribution in [0.1, 0.15) is 23.7 Å². The molecular formula is C9H14N2O. The maximum absolute atomic E-state index is 11.2. The first-order valence-electron chi connectivity index (χ1n) is 4.10. The SMILES string of the molecule is CCc1[nH]c(=O)c(CN)cc1C. The summed E-state index contributed by atoms with van der Waals surface area (Å²) in [7, 11) is 0. The van der Waals surface area contributed by atoms with Gasteiger partial charge in [-0.15, -0.1) is 0 Å². The molecule has 0 saturated heterocycles. The summed E-state index contributed by atoms with van der Waals surface area (Å²) in [6.07, 6.45) is 0.853. The van der Waals surface area contributed by atoms with Crippen molar-refractivity contribution in [1.29, 1.82) is 0 Å². The van der Waals surface area contributed by atoms with Crippen LogP contribution in [-0.2, 0) is 13.0 Å². The van der Waals surface area contributed by atoms with Crippen LogP contribution in [-0.4, -0.2) is 4.98 Å². The second kappa shape index (κ2) is 3.54. The van der Waals surface area contributed by atoms with E-state index >= 15 is 0 Å². The van der Waals surface area contributed by atoms with Gasteiger partial charge in [-0.2, -0.15) is 0 Å². The first-order chi connectivity index (χ1) is 5.69. The third-order valence-electron chi connectivity index (χ3n) is 2.00. The Morgan fingerprint density at radius 1 is 1.58 bits per heavy atom. The van der Waals surface area contributed by atoms with Crippen LogP contribution in [0, 0.1) is 6.92 Å². The summed E-state index contributed by atoms with van der Waals surface area (Å²) in [5, 5.41) is 0. The zero-order valence-electron chi connectivity index (χ0n) is 7.48. The standard InChI is InChI=1S/C9H14N2O/c1-3-8-6(2)4-7(5-10)9(12)11-8/h4H,3,5,10H2,1-2H3,(H,11,12). The van der Waals surface area contributed by atoms with Crippen LogP contribution in [0.3, 0.4) is 0 Å². The van der Waals surface area contributed by atoms with Gasteiger partial charge in [0.25, 0.3) is 5.56 Å². The topological polar surface area (TPSA) is 58.9 Å². The van der Waals surface area contributed by atoms with Crippen LogP contribution in [0.2, 0.25) is 0 Å². The minimum absolute atomic E-state index is 0.0556. The number of rotatable bonds is 2. The zero-order chi connectivity index (χ0) is 9.14. The Morgan fingerprint density at radius 3 is 2.75 bits per heavy atom. The van der Waals surface area contributed by atoms with Crippen molar-refractivity contribution in [3.63, 3.8) is 0 Å². The minimum atomic E-state index is -0.0556. The van der Waals surface area contributed by atoms with Crippen LogP contribution in [0.5, 0.6) is 0 Å². The predicted molar refractivity (Wildman–Crippen MR) is 49.1 cm³/mol. The molecule has 0 saturated carbocycles. The summed E-state index contributed by atoms with van der Waals surface area (Å²) in [5.41, 5.74) is 8.10. The molecule has 0 aliphatic heterocycles. The van der Waals surface area contributed by atoms with E-state index < -0.39 is 0 Å². The number of aryl methyl sites for hydroxylation is 2. The number of nitrogens with two attached hydrogens (primary N) is 1. The Bertz CT molecular complexity index is 328. The second-order valence-corrected chi connectivity index (χ2v) is 2.84. The number of pyridine rings is 1. The highest BCUT2D eigenvalue weighted by Gasteiger charge is 2.01. The fourth-order valence-corrected chi connectivity index (χ4v) is 1.25. The number of nitrogens with one attached hydrogen (secondary N) is 1. The lowest BCUT2D eigenvalue weighted by Crippen LogP contribution is -2.18. The number of aromatic amines is 1. The maximum atomic E-state index is 11.2. The van der Waals surface area contributed by atoms with Crippen molar-refractivity contribution in [3.05, 3.63) is 33.2 Å². The number of H-pyrrole nitrogens is 1. The van der Waals surface area contributed by atoms with Crippen LogP contribution < -0.4 is 11.3 Å². The normalized spacial score (nSPS) is 10.2. The van der Waals surface area contributed by atoms with E-state index in [2.05, 4.69) is 4.98 Å². The average molecular weight is 166 g/mol. The first-order valence-corrected chi connectivity index (χ1v) is 4.10. The summed E-state index contributed by atoms with van der Waals surface area (Å²) in [6, 6.07) is 1.86. The average Bonchev–Trinajstić information content (AvgIpc) is 2.08. The zero-order valence-corrected chi connectivity index (χ0v) is 7.48. The van der Waals surface area contributed by atoms with Gasteiger partial charge in [-0.25, -0.2) is 0 Å². The van der Waals surface area contributed by atoms with Gasteiger partial charge < -0.3 is 10.7 Å². The molecule has 1 rings (SSSR count). The number of hydrogen-bond donors (Lipinski definition) is 2. The molecule has 0 aliphatic carbocycles. The van der Waals surface area contributed by atoms with E-state index in [-0.39, 0.29) is 5.56 Å². The molecule has 66 valence electrons. The van der Waals surface area contributed by atoms with E-state index in [1.807, 2.05) is 19.9 Å². The molecular weight excluding hydrogens is 152 g/mol. The molecule has 0 fully saturated rings. The van der Waals surface area contributed by atoms with E-state index in [1.54, 1.807) is 0 Å². The lowest BCUT2D eigenvalue weighted by atomic mass is 10.1. The predicted octanol–water partition coefficient (Wildman–Crippen LogP) is 0.704. The molecule has 3 heteroatoms. The molecule has 0 aliphatic rings. The minimum Gasteiger partial charge on any atom is -0.326 e. The van der Waals surface area contributed by atoms with Crippen molar-refractivity contribution >= 4 is 0 Å². The molecule has 1 heterocycles. The molecule has 0 bridgehead atoms. The van der Waals surface area contributed by atoms with Crippen molar-refractivity contribution in [1.82, 2.24) is 4.98 Å². The number of aromatic nitrogens is 1. The van der Waals surface area contributed by atoms with Gasteiger partial charge in [-0.3, -0.25) is 4.79 Å². The molecule has 1 aromatic heterocycles. The van der Waals surface area contributed by atoms with Crippen molar-refractivity contribution < 1.29 is 0 Å². The van der Waals surface area contributed by atoms with Crippen molar-refractivity contribution in [2.75, 3.05) is 0 Å². The van der Waals surface area contributed by atoms with Crippen molar-refractivity contribution in [2.45, 2.75) is 26.8 Å². The Morgan fingerprint density at radius 2 is 2.25 bits per heavy atom. The monoisotopic (exact) mass is 166 g/mol. The summed E-state index contributed by atoms with van der Waals surface area (Å²) >= 11 is 0. The molecule has 12 heavy (non-hydrogen) atoms. The molecule has 1 aromatic rings. The molecule has 0 radical (unpaired) electrons. The van der Waals surface area contributed by atoms with Gasteiger partial charge in [0.1, 0.15) is 0 Å². The Kier molecular flexibility index (Phi) is 2.65. The largest absolute Gasteiger partial charge is 0.326 e. The summed E-state index contributed by atoms with van der Waals surface area (Å²) in [6.45, 7) is 4.30. The van der Waals surface area contributed by atoms with Gasteiger partial charge in [0, 0.05) is 17.8 Å². The fourth-order valence-electron chi connectivity index (χ4n) is 1.25. The number of hydrogen-bond acceptors (Lipinski definition) is 2. The third-order valence-corrected chi connectivity index (χ3v) is 2.00. The Balaban J connectivity index is 3.26. The quantitative estimate of drug-likeness (QED) is 0.679. The van der Waals surface area contributed by atoms with Crippen LogP contribution >= 0.6 is 0 Å². The van der Waals surface area contributed by atoms with E-state index in [0.717, 1.165) is 17.7 Å². The van der Waals surface area contributed by atoms with Crippen molar-refractivity contribution in [2.24, 2.45) is 5.73 Å². The highest BCUT2D eigenvalue weighted by atomic mass is 16.1. The van der Waals surface area contributed by atoms with E-state index in [9.17, 15) is 4.79 Å². The van der Waals surface area contributed by atoms with Crippen LogP contribution in [0.25, 0.3) is 0 Å². The molecule has 0 atom stereocenters. The van der Waals surface area contributed by atoms with Gasteiger partial charge in [0.2, 0.25) is 0 Å². The third kappa shape index (κ3) is 1.56. The Hall–Kier alpha value is -1.09. The molecule has 0 spiro atoms. The summed E-state index contributed by atoms with van der Waals surface area (Å²) in [4.78, 5) is 14.1. The Labute approximate surface area is 71.6 Å². The highest BCUT2D eigenvalue weighted by Crippen LogP contribution is 2.03. The fraction of sp³-hybridized carbons (Fsp3) is 0.444. The van der Waals surface area contributed by atoms with Gasteiger partial charge in [-0.05, 0) is 25.0 Å². The van der Waals surface area contributed by atoms with Gasteiger partial charge in [0.15, 0.2) is 0 Å². The van der Waals surface area contributed by atoms with Gasteiger partial charge in [0.05, 0.1) is 0 Å². The van der Waals surface area contributed by atoms with E-state index in [1.165, 1.54) is 0 Å². The van der Waals surface area contributed by atoms with Gasteiger partial charge >= 0.3 is 0 Å². The maximum Gasteiger partial charge on any atom is 0.252 e. The second-order valence-electron chi connectivity index (χ2n) is 2.84. The highest BCUT2D eigenvalue weighted by molar-refractivity contribution is 5.23. The van der Waals surface area contributed by atoms with Crippen molar-refractivity contribution in [3.8, 4) is 0 Å². The van der Waals surface area contributed by atoms with E-state index in [4.69, 9.17) is 5.73 Å². The van der Waals surface area contributed by atoms with E-state index in [0.29, 0.717) is 12.1 Å². The molecule has 0 amide bonds. The van der Waals surface area contributed by atoms with Gasteiger partial charge in [-0.1, -0.05) is 6.92 Å². The van der Waals surface area contributed by atoms with Crippen LogP contribution in [0.4, 0.5) is 0 Å². The van der Waals surface area contributed by atoms with Crippen LogP contribution in [0.15, 0.2) is 10.9 Å². The lowest BCUT2D eigenvalue weighted by Gasteiger charge is -2.03. The molecule has 3 nitrogen and oxygen atoms in total.